The van der Waals surface area contributed by atoms with E-state index in [0.717, 1.165) is 12.2 Å². The monoisotopic (exact) mass is 207 g/mol. The minimum atomic E-state index is 0.497. The Bertz CT molecular complexity index is 296. The van der Waals surface area contributed by atoms with Crippen molar-refractivity contribution < 1.29 is 4.74 Å². The molecule has 0 aliphatic rings. The number of benzene rings is 1. The van der Waals surface area contributed by atoms with Crippen LogP contribution in [0.2, 0.25) is 0 Å². The Morgan fingerprint density at radius 3 is 2.60 bits per heavy atom. The molecule has 0 aliphatic carbocycles. The van der Waals surface area contributed by atoms with E-state index in [-0.39, 0.29) is 0 Å². The lowest BCUT2D eigenvalue weighted by Crippen LogP contribution is -2.33. The Labute approximate surface area is 92.6 Å². The fourth-order valence-electron chi connectivity index (χ4n) is 1.78. The number of rotatable bonds is 5. The normalized spacial score (nSPS) is 12.9. The lowest BCUT2D eigenvalue weighted by Gasteiger charge is -2.17. The van der Waals surface area contributed by atoms with Gasteiger partial charge in [-0.1, -0.05) is 26.0 Å². The Kier molecular flexibility index (Phi) is 4.63. The molecule has 0 aromatic heterocycles. The molecule has 0 saturated carbocycles. The molecule has 2 heteroatoms. The maximum Gasteiger partial charge on any atom is 0.119 e. The molecule has 1 aromatic rings. The molecule has 0 amide bonds. The first-order chi connectivity index (χ1) is 7.11. The molecular weight excluding hydrogens is 186 g/mol. The number of hydrogen-bond donors (Lipinski definition) is 1. The largest absolute Gasteiger partial charge is 0.497 e. The summed E-state index contributed by atoms with van der Waals surface area (Å²) < 4.78 is 5.20. The summed E-state index contributed by atoms with van der Waals surface area (Å²) >= 11 is 0. The summed E-state index contributed by atoms with van der Waals surface area (Å²) in [5.74, 6) is 0.934. The zero-order chi connectivity index (χ0) is 11.3. The molecule has 0 fully saturated rings. The van der Waals surface area contributed by atoms with E-state index in [1.807, 2.05) is 12.1 Å². The summed E-state index contributed by atoms with van der Waals surface area (Å²) in [6.07, 6.45) is 1.04. The van der Waals surface area contributed by atoms with E-state index < -0.39 is 0 Å². The summed E-state index contributed by atoms with van der Waals surface area (Å²) in [5, 5.41) is 3.49. The molecule has 0 radical (unpaired) electrons. The topological polar surface area (TPSA) is 21.3 Å². The fraction of sp³-hybridized carbons (Fsp3) is 0.538. The van der Waals surface area contributed by atoms with Crippen molar-refractivity contribution in [2.45, 2.75) is 39.3 Å². The van der Waals surface area contributed by atoms with Crippen molar-refractivity contribution in [3.8, 4) is 5.75 Å². The van der Waals surface area contributed by atoms with Crippen molar-refractivity contribution in [1.82, 2.24) is 5.32 Å². The molecule has 0 saturated heterocycles. The molecular formula is C13H21NO. The van der Waals surface area contributed by atoms with Crippen molar-refractivity contribution in [1.29, 1.82) is 0 Å². The Morgan fingerprint density at radius 1 is 1.27 bits per heavy atom. The van der Waals surface area contributed by atoms with Crippen LogP contribution in [0, 0.1) is 0 Å². The molecule has 2 nitrogen and oxygen atoms in total. The maximum absolute atomic E-state index is 5.20. The quantitative estimate of drug-likeness (QED) is 0.801. The third-order valence-corrected chi connectivity index (χ3v) is 2.29. The highest BCUT2D eigenvalue weighted by Gasteiger charge is 2.05. The van der Waals surface area contributed by atoms with Crippen LogP contribution in [0.5, 0.6) is 5.75 Å². The van der Waals surface area contributed by atoms with Crippen LogP contribution in [0.15, 0.2) is 24.3 Å². The second-order valence-electron chi connectivity index (χ2n) is 4.28. The lowest BCUT2D eigenvalue weighted by molar-refractivity contribution is 0.413. The van der Waals surface area contributed by atoms with Gasteiger partial charge in [0.1, 0.15) is 5.75 Å². The van der Waals surface area contributed by atoms with Crippen LogP contribution < -0.4 is 10.1 Å². The first-order valence-corrected chi connectivity index (χ1v) is 5.50. The maximum atomic E-state index is 5.20. The Hall–Kier alpha value is -1.02. The zero-order valence-corrected chi connectivity index (χ0v) is 10.1. The van der Waals surface area contributed by atoms with Gasteiger partial charge in [0.15, 0.2) is 0 Å². The van der Waals surface area contributed by atoms with Crippen molar-refractivity contribution >= 4 is 0 Å². The second-order valence-corrected chi connectivity index (χ2v) is 4.28. The van der Waals surface area contributed by atoms with E-state index in [9.17, 15) is 0 Å². The predicted molar refractivity (Wildman–Crippen MR) is 64.4 cm³/mol. The molecule has 1 atom stereocenters. The van der Waals surface area contributed by atoms with Crippen LogP contribution >= 0.6 is 0 Å². The smallest absolute Gasteiger partial charge is 0.119 e. The third kappa shape index (κ3) is 4.34. The van der Waals surface area contributed by atoms with Crippen LogP contribution in [-0.4, -0.2) is 19.2 Å². The van der Waals surface area contributed by atoms with Crippen molar-refractivity contribution in [3.05, 3.63) is 29.8 Å². The highest BCUT2D eigenvalue weighted by atomic mass is 16.5. The second kappa shape index (κ2) is 5.76. The average Bonchev–Trinajstić information content (AvgIpc) is 2.16. The molecule has 1 N–H and O–H groups in total. The third-order valence-electron chi connectivity index (χ3n) is 2.29. The molecule has 1 aromatic carbocycles. The van der Waals surface area contributed by atoms with E-state index in [2.05, 4.69) is 38.2 Å². The van der Waals surface area contributed by atoms with Crippen LogP contribution in [0.3, 0.4) is 0 Å². The van der Waals surface area contributed by atoms with E-state index >= 15 is 0 Å². The number of ether oxygens (including phenoxy) is 1. The summed E-state index contributed by atoms with van der Waals surface area (Å²) in [7, 11) is 1.70. The van der Waals surface area contributed by atoms with Gasteiger partial charge in [0.05, 0.1) is 7.11 Å². The van der Waals surface area contributed by atoms with E-state index in [1.165, 1.54) is 5.56 Å². The molecule has 0 spiro atoms. The zero-order valence-electron chi connectivity index (χ0n) is 10.1. The first kappa shape index (κ1) is 12.1. The Morgan fingerprint density at radius 2 is 2.00 bits per heavy atom. The molecule has 0 heterocycles. The van der Waals surface area contributed by atoms with Crippen LogP contribution in [0.4, 0.5) is 0 Å². The van der Waals surface area contributed by atoms with Gasteiger partial charge in [0, 0.05) is 12.1 Å². The number of hydrogen-bond acceptors (Lipinski definition) is 2. The lowest BCUT2D eigenvalue weighted by atomic mass is 10.1. The molecule has 0 bridgehead atoms. The SMILES string of the molecule is COc1cccc(CC(C)NC(C)C)c1. The number of nitrogens with one attached hydrogen (secondary N) is 1. The van der Waals surface area contributed by atoms with Gasteiger partial charge in [-0.25, -0.2) is 0 Å². The minimum absolute atomic E-state index is 0.497. The van der Waals surface area contributed by atoms with Crippen molar-refractivity contribution in [2.24, 2.45) is 0 Å². The van der Waals surface area contributed by atoms with E-state index in [0.29, 0.717) is 12.1 Å². The molecule has 15 heavy (non-hydrogen) atoms. The van der Waals surface area contributed by atoms with Crippen molar-refractivity contribution in [3.63, 3.8) is 0 Å². The van der Waals surface area contributed by atoms with Gasteiger partial charge < -0.3 is 10.1 Å². The van der Waals surface area contributed by atoms with Gasteiger partial charge in [0.25, 0.3) is 0 Å². The molecule has 0 aliphatic heterocycles. The van der Waals surface area contributed by atoms with Crippen LogP contribution in [0.1, 0.15) is 26.3 Å². The minimum Gasteiger partial charge on any atom is -0.497 e. The number of methoxy groups -OCH3 is 1. The fourth-order valence-corrected chi connectivity index (χ4v) is 1.78. The van der Waals surface area contributed by atoms with E-state index in [4.69, 9.17) is 4.74 Å². The highest BCUT2D eigenvalue weighted by Crippen LogP contribution is 2.13. The first-order valence-electron chi connectivity index (χ1n) is 5.50. The molecule has 84 valence electrons. The van der Waals surface area contributed by atoms with Crippen molar-refractivity contribution in [2.75, 3.05) is 7.11 Å². The standard InChI is InChI=1S/C13H21NO/c1-10(2)14-11(3)8-12-6-5-7-13(9-12)15-4/h5-7,9-11,14H,8H2,1-4H3. The average molecular weight is 207 g/mol. The summed E-state index contributed by atoms with van der Waals surface area (Å²) in [6.45, 7) is 6.55. The van der Waals surface area contributed by atoms with Crippen LogP contribution in [-0.2, 0) is 6.42 Å². The van der Waals surface area contributed by atoms with Gasteiger partial charge in [-0.05, 0) is 31.0 Å². The van der Waals surface area contributed by atoms with Gasteiger partial charge >= 0.3 is 0 Å². The summed E-state index contributed by atoms with van der Waals surface area (Å²) in [6, 6.07) is 9.28. The predicted octanol–water partition coefficient (Wildman–Crippen LogP) is 2.62. The van der Waals surface area contributed by atoms with Crippen LogP contribution in [0.25, 0.3) is 0 Å². The molecule has 1 unspecified atom stereocenters. The summed E-state index contributed by atoms with van der Waals surface area (Å²) in [4.78, 5) is 0. The van der Waals surface area contributed by atoms with Gasteiger partial charge in [-0.2, -0.15) is 0 Å². The van der Waals surface area contributed by atoms with Gasteiger partial charge in [-0.15, -0.1) is 0 Å². The Balaban J connectivity index is 2.55. The highest BCUT2D eigenvalue weighted by molar-refractivity contribution is 5.28. The summed E-state index contributed by atoms with van der Waals surface area (Å²) in [5.41, 5.74) is 1.31. The van der Waals surface area contributed by atoms with E-state index in [1.54, 1.807) is 7.11 Å². The molecule has 1 rings (SSSR count). The van der Waals surface area contributed by atoms with Gasteiger partial charge in [-0.3, -0.25) is 0 Å². The van der Waals surface area contributed by atoms with Gasteiger partial charge in [0.2, 0.25) is 0 Å².